The second-order valence-electron chi connectivity index (χ2n) is 13.9. The first kappa shape index (κ1) is 26.1. The Bertz CT molecular complexity index is 1450. The van der Waals surface area contributed by atoms with E-state index in [1.165, 1.54) is 73.0 Å². The number of nitrogens with one attached hydrogen (secondary N) is 2. The second-order valence-corrected chi connectivity index (χ2v) is 13.9. The van der Waals surface area contributed by atoms with Crippen LogP contribution < -0.4 is 5.32 Å². The lowest BCUT2D eigenvalue weighted by atomic mass is 9.70. The van der Waals surface area contributed by atoms with E-state index >= 15 is 0 Å². The molecule has 8 rings (SSSR count). The average Bonchev–Trinajstić information content (AvgIpc) is 3.69. The predicted octanol–water partition coefficient (Wildman–Crippen LogP) is 6.26. The number of likely N-dealkylation sites (N-methyl/N-ethyl adjacent to an activating group) is 1. The molecule has 0 radical (unpaired) electrons. The summed E-state index contributed by atoms with van der Waals surface area (Å²) in [6.07, 6.45) is 8.48. The van der Waals surface area contributed by atoms with Crippen molar-refractivity contribution in [3.05, 3.63) is 58.8 Å². The summed E-state index contributed by atoms with van der Waals surface area (Å²) in [5, 5.41) is 16.6. The molecule has 0 aliphatic carbocycles. The van der Waals surface area contributed by atoms with Crippen molar-refractivity contribution in [1.82, 2.24) is 19.7 Å². The molecule has 0 spiro atoms. The molecule has 6 nitrogen and oxygen atoms in total. The fourth-order valence-corrected chi connectivity index (χ4v) is 9.82. The average molecular weight is 554 g/mol. The number of phenolic OH excluding ortho intramolecular Hbond substituents is 1. The number of para-hydroxylation sites is 1. The van der Waals surface area contributed by atoms with Crippen molar-refractivity contribution < 1.29 is 5.11 Å². The highest BCUT2D eigenvalue weighted by Gasteiger charge is 2.49. The molecule has 0 saturated carbocycles. The number of aromatic nitrogens is 1. The zero-order chi connectivity index (χ0) is 27.8. The zero-order valence-electron chi connectivity index (χ0n) is 25.1. The van der Waals surface area contributed by atoms with E-state index in [9.17, 15) is 5.11 Å². The maximum atomic E-state index is 11.1. The van der Waals surface area contributed by atoms with E-state index in [0.717, 1.165) is 37.4 Å². The molecule has 3 N–H and O–H groups in total. The van der Waals surface area contributed by atoms with Gasteiger partial charge in [0.25, 0.3) is 0 Å². The fourth-order valence-electron chi connectivity index (χ4n) is 9.82. The normalized spacial score (nSPS) is 33.8. The van der Waals surface area contributed by atoms with Gasteiger partial charge in [-0.15, -0.1) is 0 Å². The van der Waals surface area contributed by atoms with Crippen LogP contribution in [0.15, 0.2) is 36.4 Å². The van der Waals surface area contributed by atoms with Crippen LogP contribution in [0.25, 0.3) is 10.9 Å². The highest BCUT2D eigenvalue weighted by atomic mass is 16.3. The van der Waals surface area contributed by atoms with E-state index in [1.54, 1.807) is 5.56 Å². The third-order valence-electron chi connectivity index (χ3n) is 12.0. The number of piperidine rings is 2. The van der Waals surface area contributed by atoms with Gasteiger partial charge in [0, 0.05) is 65.0 Å². The van der Waals surface area contributed by atoms with Crippen molar-refractivity contribution in [3.8, 4) is 5.75 Å². The summed E-state index contributed by atoms with van der Waals surface area (Å²) in [5.41, 5.74) is 8.23. The summed E-state index contributed by atoms with van der Waals surface area (Å²) in [6, 6.07) is 14.9. The van der Waals surface area contributed by atoms with Gasteiger partial charge in [0.15, 0.2) is 0 Å². The van der Waals surface area contributed by atoms with Crippen molar-refractivity contribution in [2.45, 2.75) is 82.0 Å². The number of fused-ring (bicyclic) bond motifs is 8. The number of aromatic hydroxyl groups is 1. The zero-order valence-corrected chi connectivity index (χ0v) is 25.1. The van der Waals surface area contributed by atoms with Crippen LogP contribution >= 0.6 is 0 Å². The molecule has 41 heavy (non-hydrogen) atoms. The third-order valence-corrected chi connectivity index (χ3v) is 12.0. The molecule has 2 unspecified atom stereocenters. The van der Waals surface area contributed by atoms with Gasteiger partial charge >= 0.3 is 0 Å². The van der Waals surface area contributed by atoms with Crippen molar-refractivity contribution in [2.24, 2.45) is 11.8 Å². The van der Waals surface area contributed by atoms with Gasteiger partial charge in [-0.05, 0) is 101 Å². The Hall–Kier alpha value is -2.54. The lowest BCUT2D eigenvalue weighted by Gasteiger charge is -2.51. The summed E-state index contributed by atoms with van der Waals surface area (Å²) in [4.78, 5) is 11.8. The Labute approximate surface area is 245 Å². The largest absolute Gasteiger partial charge is 0.508 e. The molecule has 5 aliphatic rings. The van der Waals surface area contributed by atoms with E-state index in [2.05, 4.69) is 76.4 Å². The second kappa shape index (κ2) is 10.0. The number of H-pyrrole nitrogens is 1. The Morgan fingerprint density at radius 1 is 0.976 bits per heavy atom. The quantitative estimate of drug-likeness (QED) is 0.356. The molecule has 0 amide bonds. The SMILES string of the molecule is CC[C@H]1CN2CCC3c4ccc(O)c([C@@H]5CCCN5C)c4NC3[C@@H]2C[C@@H]1C[C@H]1c2[nH]c3ccccc3c2CCN1C. The molecule has 6 heterocycles. The Balaban J connectivity index is 1.09. The first-order chi connectivity index (χ1) is 20.0. The molecule has 6 heteroatoms. The van der Waals surface area contributed by atoms with Crippen LogP contribution in [0.4, 0.5) is 5.69 Å². The van der Waals surface area contributed by atoms with Crippen LogP contribution in [0.3, 0.4) is 0 Å². The van der Waals surface area contributed by atoms with E-state index in [0.29, 0.717) is 41.8 Å². The summed E-state index contributed by atoms with van der Waals surface area (Å²) in [5.74, 6) is 2.49. The molecule has 7 atom stereocenters. The monoisotopic (exact) mass is 553 g/mol. The number of likely N-dealkylation sites (tertiary alicyclic amines) is 1. The molecule has 1 aromatic heterocycles. The number of aromatic amines is 1. The van der Waals surface area contributed by atoms with Crippen molar-refractivity contribution in [3.63, 3.8) is 0 Å². The molecule has 0 bridgehead atoms. The van der Waals surface area contributed by atoms with Crippen LogP contribution in [0.5, 0.6) is 5.75 Å². The number of rotatable bonds is 4. The minimum atomic E-state index is 0.324. The van der Waals surface area contributed by atoms with Crippen LogP contribution in [-0.4, -0.2) is 77.1 Å². The minimum Gasteiger partial charge on any atom is -0.508 e. The Morgan fingerprint density at radius 2 is 1.85 bits per heavy atom. The van der Waals surface area contributed by atoms with Crippen molar-refractivity contribution in [2.75, 3.05) is 45.6 Å². The topological polar surface area (TPSA) is 57.8 Å². The van der Waals surface area contributed by atoms with Gasteiger partial charge in [0.2, 0.25) is 0 Å². The van der Waals surface area contributed by atoms with Gasteiger partial charge in [0.05, 0.1) is 6.04 Å². The molecule has 3 fully saturated rings. The number of nitrogens with zero attached hydrogens (tertiary/aromatic N) is 3. The Morgan fingerprint density at radius 3 is 2.68 bits per heavy atom. The third kappa shape index (κ3) is 4.08. The smallest absolute Gasteiger partial charge is 0.122 e. The minimum absolute atomic E-state index is 0.324. The lowest BCUT2D eigenvalue weighted by Crippen LogP contribution is -2.58. The van der Waals surface area contributed by atoms with Crippen LogP contribution in [0, 0.1) is 11.8 Å². The molecule has 3 saturated heterocycles. The highest BCUT2D eigenvalue weighted by Crippen LogP contribution is 2.53. The molecule has 3 aromatic rings. The van der Waals surface area contributed by atoms with Crippen LogP contribution in [0.1, 0.15) is 85.8 Å². The summed E-state index contributed by atoms with van der Waals surface area (Å²) < 4.78 is 0. The Kier molecular flexibility index (Phi) is 6.39. The van der Waals surface area contributed by atoms with Gasteiger partial charge < -0.3 is 15.4 Å². The first-order valence-corrected chi connectivity index (χ1v) is 16.4. The van der Waals surface area contributed by atoms with Gasteiger partial charge in [0.1, 0.15) is 5.75 Å². The van der Waals surface area contributed by atoms with E-state index in [-0.39, 0.29) is 0 Å². The fraction of sp³-hybridized carbons (Fsp3) is 0.600. The molecular weight excluding hydrogens is 506 g/mol. The van der Waals surface area contributed by atoms with E-state index in [4.69, 9.17) is 0 Å². The van der Waals surface area contributed by atoms with Gasteiger partial charge in [-0.1, -0.05) is 37.6 Å². The molecule has 5 aliphatic heterocycles. The van der Waals surface area contributed by atoms with Gasteiger partial charge in [-0.25, -0.2) is 0 Å². The maximum absolute atomic E-state index is 11.1. The summed E-state index contributed by atoms with van der Waals surface area (Å²) >= 11 is 0. The highest BCUT2D eigenvalue weighted by molar-refractivity contribution is 5.85. The number of phenols is 1. The van der Waals surface area contributed by atoms with E-state index in [1.807, 2.05) is 6.07 Å². The van der Waals surface area contributed by atoms with Crippen LogP contribution in [-0.2, 0) is 6.42 Å². The predicted molar refractivity (Wildman–Crippen MR) is 167 cm³/mol. The van der Waals surface area contributed by atoms with Gasteiger partial charge in [-0.2, -0.15) is 0 Å². The van der Waals surface area contributed by atoms with Gasteiger partial charge in [-0.3, -0.25) is 14.7 Å². The molecule has 2 aromatic carbocycles. The van der Waals surface area contributed by atoms with Crippen LogP contribution in [0.2, 0.25) is 0 Å². The number of anilines is 1. The molecular formula is C35H47N5O. The van der Waals surface area contributed by atoms with Crippen molar-refractivity contribution in [1.29, 1.82) is 0 Å². The van der Waals surface area contributed by atoms with Crippen molar-refractivity contribution >= 4 is 16.6 Å². The molecule has 218 valence electrons. The number of hydrogen-bond acceptors (Lipinski definition) is 5. The number of benzene rings is 2. The first-order valence-electron chi connectivity index (χ1n) is 16.4. The summed E-state index contributed by atoms with van der Waals surface area (Å²) in [7, 11) is 4.56. The summed E-state index contributed by atoms with van der Waals surface area (Å²) in [6.45, 7) is 7.10. The van der Waals surface area contributed by atoms with E-state index < -0.39 is 0 Å². The lowest BCUT2D eigenvalue weighted by molar-refractivity contribution is 0.00998. The maximum Gasteiger partial charge on any atom is 0.122 e. The number of hydrogen-bond donors (Lipinski definition) is 3. The standard InChI is InChI=1S/C35H47N5O/c1-4-21-20-40-17-14-26-24-11-12-31(41)32(28-10-7-15-38(28)2)35(24)37-34(26)30(40)19-22(21)18-29-33-25(13-16-39(29)3)23-8-5-6-9-27(23)36-33/h5-6,8-9,11-12,21-22,26,28-30,34,36-37,41H,4,7,10,13-20H2,1-3H3/t21-,22-,26?,28-,29-,30-,34?/m0/s1.